The van der Waals surface area contributed by atoms with Crippen LogP contribution >= 0.6 is 0 Å². The van der Waals surface area contributed by atoms with Gasteiger partial charge in [0.1, 0.15) is 8.07 Å². The molecule has 138 valence electrons. The Morgan fingerprint density at radius 2 is 1.96 bits per heavy atom. The highest BCUT2D eigenvalue weighted by molar-refractivity contribution is 6.85. The van der Waals surface area contributed by atoms with Crippen molar-refractivity contribution >= 4 is 13.9 Å². The quantitative estimate of drug-likeness (QED) is 0.563. The summed E-state index contributed by atoms with van der Waals surface area (Å²) in [6.45, 7) is 9.53. The minimum atomic E-state index is -1.53. The zero-order chi connectivity index (χ0) is 19.0. The Balaban J connectivity index is 1.94. The third-order valence-corrected chi connectivity index (χ3v) is 7.58. The minimum absolute atomic E-state index is 0.0472. The van der Waals surface area contributed by atoms with E-state index >= 15 is 0 Å². The topological polar surface area (TPSA) is 29.1 Å². The normalized spacial score (nSPS) is 21.9. The summed E-state index contributed by atoms with van der Waals surface area (Å²) < 4.78 is 0. The van der Waals surface area contributed by atoms with Gasteiger partial charge in [-0.1, -0.05) is 88.0 Å². The highest BCUT2D eigenvalue weighted by atomic mass is 28.3. The first-order chi connectivity index (χ1) is 12.4. The van der Waals surface area contributed by atoms with Gasteiger partial charge < -0.3 is 5.32 Å². The van der Waals surface area contributed by atoms with Gasteiger partial charge in [-0.3, -0.25) is 4.79 Å². The van der Waals surface area contributed by atoms with E-state index in [2.05, 4.69) is 92.3 Å². The smallest absolute Gasteiger partial charge is 0.206 e. The molecular weight excluding hydrogens is 334 g/mol. The average Bonchev–Trinajstić information content (AvgIpc) is 2.62. The molecule has 2 nitrogen and oxygen atoms in total. The van der Waals surface area contributed by atoms with E-state index in [1.54, 1.807) is 0 Å². The maximum Gasteiger partial charge on any atom is 0.206 e. The average molecular weight is 366 g/mol. The lowest BCUT2D eigenvalue weighted by atomic mass is 9.73. The summed E-state index contributed by atoms with van der Waals surface area (Å²) in [6, 6.07) is 11.8. The third-order valence-electron chi connectivity index (χ3n) is 5.03. The van der Waals surface area contributed by atoms with Gasteiger partial charge in [-0.15, -0.1) is 5.54 Å². The summed E-state index contributed by atoms with van der Waals surface area (Å²) in [5.74, 6) is 2.95. The number of benzene rings is 1. The summed E-state index contributed by atoms with van der Waals surface area (Å²) in [7, 11) is -1.53. The maximum atomic E-state index is 12.1. The van der Waals surface area contributed by atoms with Crippen LogP contribution in [0.5, 0.6) is 0 Å². The molecule has 0 aromatic heterocycles. The van der Waals surface area contributed by atoms with E-state index in [0.717, 1.165) is 12.5 Å². The molecule has 0 radical (unpaired) electrons. The van der Waals surface area contributed by atoms with Gasteiger partial charge in [-0.05, 0) is 17.5 Å². The molecule has 0 heterocycles. The van der Waals surface area contributed by atoms with Gasteiger partial charge in [0.05, 0.1) is 0 Å². The van der Waals surface area contributed by atoms with Gasteiger partial charge in [0.2, 0.25) is 5.78 Å². The Kier molecular flexibility index (Phi) is 7.20. The van der Waals surface area contributed by atoms with Crippen molar-refractivity contribution in [2.24, 2.45) is 0 Å². The molecule has 1 aliphatic carbocycles. The molecule has 1 aromatic rings. The van der Waals surface area contributed by atoms with E-state index in [-0.39, 0.29) is 17.2 Å². The number of hydrogen-bond donors (Lipinski definition) is 1. The van der Waals surface area contributed by atoms with Crippen LogP contribution in [0.1, 0.15) is 32.3 Å². The zero-order valence-corrected chi connectivity index (χ0v) is 17.5. The minimum Gasteiger partial charge on any atom is -0.309 e. The van der Waals surface area contributed by atoms with Crippen LogP contribution in [0.4, 0.5) is 0 Å². The van der Waals surface area contributed by atoms with Crippen molar-refractivity contribution in [3.05, 3.63) is 60.2 Å². The monoisotopic (exact) mass is 365 g/mol. The number of allylic oxidation sites excluding steroid dienone is 2. The summed E-state index contributed by atoms with van der Waals surface area (Å²) in [6.07, 6.45) is 10.2. The van der Waals surface area contributed by atoms with E-state index in [4.69, 9.17) is 0 Å². The van der Waals surface area contributed by atoms with Crippen molar-refractivity contribution in [3.8, 4) is 11.5 Å². The lowest BCUT2D eigenvalue weighted by Gasteiger charge is -2.36. The Hall–Kier alpha value is -1.89. The molecular formula is C23H31NOSi. The first kappa shape index (κ1) is 20.4. The highest BCUT2D eigenvalue weighted by Crippen LogP contribution is 2.32. The molecule has 0 amide bonds. The van der Waals surface area contributed by atoms with Crippen molar-refractivity contribution < 1.29 is 4.79 Å². The van der Waals surface area contributed by atoms with Crippen LogP contribution in [0, 0.1) is 11.5 Å². The number of Topliss-reactive ketones (excluding diaryl/α,β-unsaturated/α-hetero) is 1. The molecule has 3 heteroatoms. The number of nitrogens with one attached hydrogen (secondary N) is 1. The predicted octanol–water partition coefficient (Wildman–Crippen LogP) is 4.65. The number of ketones is 1. The van der Waals surface area contributed by atoms with E-state index in [0.29, 0.717) is 13.0 Å². The fraction of sp³-hybridized carbons (Fsp3) is 0.435. The van der Waals surface area contributed by atoms with Gasteiger partial charge in [0.25, 0.3) is 0 Å². The van der Waals surface area contributed by atoms with Gasteiger partial charge in [-0.25, -0.2) is 0 Å². The van der Waals surface area contributed by atoms with Crippen molar-refractivity contribution in [2.45, 2.75) is 57.3 Å². The lowest BCUT2D eigenvalue weighted by molar-refractivity contribution is -0.113. The molecule has 0 saturated carbocycles. The van der Waals surface area contributed by atoms with Crippen molar-refractivity contribution in [1.82, 2.24) is 5.32 Å². The molecule has 1 aliphatic rings. The summed E-state index contributed by atoms with van der Waals surface area (Å²) in [5.41, 5.74) is 4.44. The fourth-order valence-electron chi connectivity index (χ4n) is 3.42. The van der Waals surface area contributed by atoms with E-state index in [9.17, 15) is 4.79 Å². The Labute approximate surface area is 159 Å². The van der Waals surface area contributed by atoms with E-state index in [1.807, 2.05) is 6.07 Å². The van der Waals surface area contributed by atoms with Crippen molar-refractivity contribution in [1.29, 1.82) is 0 Å². The molecule has 1 N–H and O–H groups in total. The Morgan fingerprint density at radius 3 is 2.65 bits per heavy atom. The van der Waals surface area contributed by atoms with Crippen LogP contribution in [0.3, 0.4) is 0 Å². The molecule has 0 saturated heterocycles. The summed E-state index contributed by atoms with van der Waals surface area (Å²) >= 11 is 0. The van der Waals surface area contributed by atoms with Crippen LogP contribution in [-0.2, 0) is 10.2 Å². The third kappa shape index (κ3) is 5.55. The Bertz CT molecular complexity index is 724. The molecule has 2 unspecified atom stereocenters. The van der Waals surface area contributed by atoms with Crippen molar-refractivity contribution in [2.75, 3.05) is 6.54 Å². The maximum absolute atomic E-state index is 12.1. The van der Waals surface area contributed by atoms with E-state index in [1.165, 1.54) is 5.56 Å². The molecule has 0 bridgehead atoms. The molecule has 26 heavy (non-hydrogen) atoms. The second-order valence-electron chi connectivity index (χ2n) is 7.88. The van der Waals surface area contributed by atoms with Gasteiger partial charge in [-0.2, -0.15) is 0 Å². The largest absolute Gasteiger partial charge is 0.309 e. The molecule has 1 aromatic carbocycles. The predicted molar refractivity (Wildman–Crippen MR) is 114 cm³/mol. The van der Waals surface area contributed by atoms with E-state index < -0.39 is 8.07 Å². The first-order valence-electron chi connectivity index (χ1n) is 9.58. The standard InChI is InChI=1S/C23H31NOSi/c1-5-18-26(3,4)19-15-21(25)14-17-24-22-13-9-10-16-23(22,2)20-11-7-6-8-12-20/h6-13,16,22,24H,5,14,17-18H2,1-4H3. The number of hydrogen-bond acceptors (Lipinski definition) is 2. The van der Waals surface area contributed by atoms with Gasteiger partial charge in [0.15, 0.2) is 0 Å². The van der Waals surface area contributed by atoms with Crippen molar-refractivity contribution in [3.63, 3.8) is 0 Å². The van der Waals surface area contributed by atoms with Crippen LogP contribution in [-0.4, -0.2) is 26.4 Å². The first-order valence-corrected chi connectivity index (χ1v) is 12.8. The molecule has 0 spiro atoms. The van der Waals surface area contributed by atoms with Gasteiger partial charge >= 0.3 is 0 Å². The number of carbonyl (C=O) groups is 1. The lowest BCUT2D eigenvalue weighted by Crippen LogP contribution is -2.45. The second kappa shape index (κ2) is 9.16. The number of rotatable bonds is 7. The Morgan fingerprint density at radius 1 is 1.23 bits per heavy atom. The molecule has 2 rings (SSSR count). The van der Waals surface area contributed by atoms with Crippen LogP contribution in [0.25, 0.3) is 0 Å². The van der Waals surface area contributed by atoms with Crippen LogP contribution in [0.15, 0.2) is 54.6 Å². The van der Waals surface area contributed by atoms with Crippen LogP contribution < -0.4 is 5.32 Å². The SMILES string of the molecule is CCC[Si](C)(C)C#CC(=O)CCNC1C=CC=CC1(C)c1ccccc1. The molecule has 2 atom stereocenters. The zero-order valence-electron chi connectivity index (χ0n) is 16.5. The second-order valence-corrected chi connectivity index (χ2v) is 12.4. The van der Waals surface area contributed by atoms with Gasteiger partial charge in [0, 0.05) is 24.4 Å². The summed E-state index contributed by atoms with van der Waals surface area (Å²) in [4.78, 5) is 12.1. The van der Waals surface area contributed by atoms with Crippen LogP contribution in [0.2, 0.25) is 19.1 Å². The summed E-state index contributed by atoms with van der Waals surface area (Å²) in [5, 5.41) is 3.55. The fourth-order valence-corrected chi connectivity index (χ4v) is 5.27. The molecule has 0 fully saturated rings. The highest BCUT2D eigenvalue weighted by Gasteiger charge is 2.32. The molecule has 0 aliphatic heterocycles. The number of carbonyl (C=O) groups excluding carboxylic acids is 1.